The van der Waals surface area contributed by atoms with Gasteiger partial charge in [0.25, 0.3) is 5.91 Å². The van der Waals surface area contributed by atoms with E-state index in [-0.39, 0.29) is 5.91 Å². The predicted molar refractivity (Wildman–Crippen MR) is 73.0 cm³/mol. The van der Waals surface area contributed by atoms with Gasteiger partial charge in [-0.1, -0.05) is 35.8 Å². The third-order valence-electron chi connectivity index (χ3n) is 3.23. The molecule has 0 N–H and O–H groups in total. The number of hydrogen-bond acceptors (Lipinski definition) is 1. The van der Waals surface area contributed by atoms with Crippen LogP contribution in [0.15, 0.2) is 28.7 Å². The number of amides is 1. The van der Waals surface area contributed by atoms with Crippen LogP contribution < -0.4 is 0 Å². The van der Waals surface area contributed by atoms with E-state index in [2.05, 4.69) is 29.8 Å². The van der Waals surface area contributed by atoms with Gasteiger partial charge in [-0.05, 0) is 36.5 Å². The number of rotatable bonds is 1. The summed E-state index contributed by atoms with van der Waals surface area (Å²) in [4.78, 5) is 14.3. The van der Waals surface area contributed by atoms with Gasteiger partial charge in [-0.2, -0.15) is 0 Å². The van der Waals surface area contributed by atoms with E-state index in [0.29, 0.717) is 11.8 Å². The smallest absolute Gasteiger partial charge is 0.253 e. The highest BCUT2D eigenvalue weighted by molar-refractivity contribution is 9.10. The SMILES string of the molecule is C[C@@H]1C[C@@H](C)CN(C(=O)c2cccc(Br)c2)C1. The lowest BCUT2D eigenvalue weighted by molar-refractivity contribution is 0.0623. The Labute approximate surface area is 111 Å². The lowest BCUT2D eigenvalue weighted by Crippen LogP contribution is -2.42. The van der Waals surface area contributed by atoms with E-state index in [1.165, 1.54) is 6.42 Å². The van der Waals surface area contributed by atoms with Crippen molar-refractivity contribution in [1.29, 1.82) is 0 Å². The number of carbonyl (C=O) groups is 1. The molecular formula is C14H18BrNO. The Morgan fingerprint density at radius 3 is 2.53 bits per heavy atom. The maximum atomic E-state index is 12.3. The maximum absolute atomic E-state index is 12.3. The van der Waals surface area contributed by atoms with Crippen molar-refractivity contribution in [2.45, 2.75) is 20.3 Å². The summed E-state index contributed by atoms with van der Waals surface area (Å²) < 4.78 is 0.960. The zero-order valence-electron chi connectivity index (χ0n) is 10.3. The molecule has 17 heavy (non-hydrogen) atoms. The van der Waals surface area contributed by atoms with Crippen LogP contribution in [0.1, 0.15) is 30.6 Å². The summed E-state index contributed by atoms with van der Waals surface area (Å²) in [6, 6.07) is 7.63. The van der Waals surface area contributed by atoms with Crippen molar-refractivity contribution in [1.82, 2.24) is 4.90 Å². The molecule has 0 bridgehead atoms. The van der Waals surface area contributed by atoms with Crippen molar-refractivity contribution >= 4 is 21.8 Å². The fourth-order valence-corrected chi connectivity index (χ4v) is 3.03. The van der Waals surface area contributed by atoms with Crippen LogP contribution in [0.4, 0.5) is 0 Å². The van der Waals surface area contributed by atoms with Gasteiger partial charge >= 0.3 is 0 Å². The normalized spacial score (nSPS) is 24.8. The Kier molecular flexibility index (Phi) is 3.87. The largest absolute Gasteiger partial charge is 0.338 e. The topological polar surface area (TPSA) is 20.3 Å². The molecule has 0 unspecified atom stereocenters. The molecule has 1 aliphatic rings. The second kappa shape index (κ2) is 5.21. The lowest BCUT2D eigenvalue weighted by atomic mass is 9.91. The van der Waals surface area contributed by atoms with E-state index in [1.54, 1.807) is 0 Å². The van der Waals surface area contributed by atoms with Crippen LogP contribution in [0.25, 0.3) is 0 Å². The lowest BCUT2D eigenvalue weighted by Gasteiger charge is -2.35. The second-order valence-corrected chi connectivity index (χ2v) is 6.08. The minimum atomic E-state index is 0.157. The summed E-state index contributed by atoms with van der Waals surface area (Å²) in [5, 5.41) is 0. The molecule has 2 atom stereocenters. The van der Waals surface area contributed by atoms with Crippen LogP contribution >= 0.6 is 15.9 Å². The third-order valence-corrected chi connectivity index (χ3v) is 3.72. The van der Waals surface area contributed by atoms with Crippen LogP contribution in [-0.4, -0.2) is 23.9 Å². The van der Waals surface area contributed by atoms with Gasteiger partial charge in [-0.15, -0.1) is 0 Å². The standard InChI is InChI=1S/C14H18BrNO/c1-10-6-11(2)9-16(8-10)14(17)12-4-3-5-13(15)7-12/h3-5,7,10-11H,6,8-9H2,1-2H3/t10-,11-/m1/s1. The average Bonchev–Trinajstić information content (AvgIpc) is 2.26. The molecule has 1 fully saturated rings. The molecule has 1 heterocycles. The highest BCUT2D eigenvalue weighted by Gasteiger charge is 2.25. The summed E-state index contributed by atoms with van der Waals surface area (Å²) in [5.74, 6) is 1.37. The number of likely N-dealkylation sites (tertiary alicyclic amines) is 1. The molecule has 1 aromatic rings. The van der Waals surface area contributed by atoms with Crippen LogP contribution in [-0.2, 0) is 0 Å². The number of piperidine rings is 1. The zero-order chi connectivity index (χ0) is 12.4. The molecule has 0 radical (unpaired) electrons. The van der Waals surface area contributed by atoms with Crippen molar-refractivity contribution in [2.75, 3.05) is 13.1 Å². The minimum Gasteiger partial charge on any atom is -0.338 e. The Bertz CT molecular complexity index is 408. The van der Waals surface area contributed by atoms with E-state index in [9.17, 15) is 4.79 Å². The fourth-order valence-electron chi connectivity index (χ4n) is 2.63. The van der Waals surface area contributed by atoms with E-state index >= 15 is 0 Å². The van der Waals surface area contributed by atoms with E-state index < -0.39 is 0 Å². The minimum absolute atomic E-state index is 0.157. The van der Waals surface area contributed by atoms with Gasteiger partial charge in [0.2, 0.25) is 0 Å². The summed E-state index contributed by atoms with van der Waals surface area (Å²) in [6.07, 6.45) is 1.22. The molecule has 2 rings (SSSR count). The van der Waals surface area contributed by atoms with Crippen molar-refractivity contribution in [3.05, 3.63) is 34.3 Å². The average molecular weight is 296 g/mol. The monoisotopic (exact) mass is 295 g/mol. The first kappa shape index (κ1) is 12.6. The molecule has 1 saturated heterocycles. The van der Waals surface area contributed by atoms with Gasteiger partial charge in [0.05, 0.1) is 0 Å². The molecule has 0 saturated carbocycles. The molecule has 1 amide bonds. The van der Waals surface area contributed by atoms with Gasteiger partial charge in [0.15, 0.2) is 0 Å². The summed E-state index contributed by atoms with van der Waals surface area (Å²) in [5.41, 5.74) is 0.778. The number of carbonyl (C=O) groups excluding carboxylic acids is 1. The molecule has 92 valence electrons. The number of nitrogens with zero attached hydrogens (tertiary/aromatic N) is 1. The van der Waals surface area contributed by atoms with Crippen molar-refractivity contribution in [3.8, 4) is 0 Å². The zero-order valence-corrected chi connectivity index (χ0v) is 11.9. The first-order valence-electron chi connectivity index (χ1n) is 6.11. The number of benzene rings is 1. The highest BCUT2D eigenvalue weighted by atomic mass is 79.9. The molecule has 3 heteroatoms. The van der Waals surface area contributed by atoms with E-state index in [4.69, 9.17) is 0 Å². The molecule has 0 aromatic heterocycles. The van der Waals surface area contributed by atoms with Crippen LogP contribution in [0, 0.1) is 11.8 Å². The Morgan fingerprint density at radius 1 is 1.29 bits per heavy atom. The predicted octanol–water partition coefficient (Wildman–Crippen LogP) is 3.57. The summed E-state index contributed by atoms with van der Waals surface area (Å²) in [7, 11) is 0. The summed E-state index contributed by atoms with van der Waals surface area (Å²) in [6.45, 7) is 6.21. The fraction of sp³-hybridized carbons (Fsp3) is 0.500. The quantitative estimate of drug-likeness (QED) is 0.776. The highest BCUT2D eigenvalue weighted by Crippen LogP contribution is 2.23. The Balaban J connectivity index is 2.14. The maximum Gasteiger partial charge on any atom is 0.253 e. The molecule has 1 aromatic carbocycles. The first-order chi connectivity index (χ1) is 8.06. The van der Waals surface area contributed by atoms with Gasteiger partial charge in [0.1, 0.15) is 0 Å². The van der Waals surface area contributed by atoms with Gasteiger partial charge in [0, 0.05) is 23.1 Å². The van der Waals surface area contributed by atoms with E-state index in [1.807, 2.05) is 29.2 Å². The second-order valence-electron chi connectivity index (χ2n) is 5.17. The van der Waals surface area contributed by atoms with E-state index in [0.717, 1.165) is 23.1 Å². The van der Waals surface area contributed by atoms with Crippen LogP contribution in [0.3, 0.4) is 0 Å². The molecule has 1 aliphatic heterocycles. The van der Waals surface area contributed by atoms with Gasteiger partial charge < -0.3 is 4.90 Å². The third kappa shape index (κ3) is 3.09. The number of halogens is 1. The van der Waals surface area contributed by atoms with Crippen molar-refractivity contribution < 1.29 is 4.79 Å². The molecule has 2 nitrogen and oxygen atoms in total. The molecule has 0 spiro atoms. The molecule has 0 aliphatic carbocycles. The van der Waals surface area contributed by atoms with Gasteiger partial charge in [-0.3, -0.25) is 4.79 Å². The van der Waals surface area contributed by atoms with Crippen molar-refractivity contribution in [2.24, 2.45) is 11.8 Å². The Morgan fingerprint density at radius 2 is 1.94 bits per heavy atom. The van der Waals surface area contributed by atoms with Crippen molar-refractivity contribution in [3.63, 3.8) is 0 Å². The number of hydrogen-bond donors (Lipinski definition) is 0. The first-order valence-corrected chi connectivity index (χ1v) is 6.90. The van der Waals surface area contributed by atoms with Crippen LogP contribution in [0.5, 0.6) is 0 Å². The Hall–Kier alpha value is -0.830. The van der Waals surface area contributed by atoms with Gasteiger partial charge in [-0.25, -0.2) is 0 Å². The van der Waals surface area contributed by atoms with Crippen LogP contribution in [0.2, 0.25) is 0 Å². The molecular weight excluding hydrogens is 278 g/mol. The summed E-state index contributed by atoms with van der Waals surface area (Å²) >= 11 is 3.41.